The van der Waals surface area contributed by atoms with Crippen LogP contribution >= 0.6 is 0 Å². The van der Waals surface area contributed by atoms with Gasteiger partial charge in [0, 0.05) is 12.1 Å². The minimum Gasteiger partial charge on any atom is -0.444 e. The zero-order chi connectivity index (χ0) is 17.6. The molecule has 0 spiro atoms. The van der Waals surface area contributed by atoms with E-state index in [0.717, 1.165) is 5.56 Å². The fourth-order valence-electron chi connectivity index (χ4n) is 1.83. The number of anilines is 1. The fourth-order valence-corrected chi connectivity index (χ4v) is 1.83. The molecule has 2 amide bonds. The van der Waals surface area contributed by atoms with Gasteiger partial charge in [0.25, 0.3) is 5.91 Å². The third-order valence-electron chi connectivity index (χ3n) is 2.89. The van der Waals surface area contributed by atoms with Crippen LogP contribution in [0.15, 0.2) is 42.7 Å². The number of aromatic nitrogens is 2. The molecular formula is C17H20N4O3. The lowest BCUT2D eigenvalue weighted by Crippen LogP contribution is -2.32. The van der Waals surface area contributed by atoms with Gasteiger partial charge < -0.3 is 15.4 Å². The number of nitrogens with zero attached hydrogens (tertiary/aromatic N) is 2. The van der Waals surface area contributed by atoms with Crippen molar-refractivity contribution >= 4 is 17.7 Å². The highest BCUT2D eigenvalue weighted by atomic mass is 16.6. The van der Waals surface area contributed by atoms with Crippen molar-refractivity contribution in [3.05, 3.63) is 53.9 Å². The SMILES string of the molecule is CC(C)(C)OC(=O)NCc1ccc(C(=O)Nc2ccnnc2)cc1. The maximum Gasteiger partial charge on any atom is 0.407 e. The van der Waals surface area contributed by atoms with Gasteiger partial charge in [-0.25, -0.2) is 4.79 Å². The predicted octanol–water partition coefficient (Wildman–Crippen LogP) is 2.75. The maximum atomic E-state index is 12.1. The highest BCUT2D eigenvalue weighted by Crippen LogP contribution is 2.10. The summed E-state index contributed by atoms with van der Waals surface area (Å²) in [4.78, 5) is 23.7. The minimum atomic E-state index is -0.534. The molecule has 2 rings (SSSR count). The van der Waals surface area contributed by atoms with Gasteiger partial charge in [0.05, 0.1) is 18.1 Å². The molecule has 7 nitrogen and oxygen atoms in total. The second-order valence-corrected chi connectivity index (χ2v) is 6.14. The molecule has 1 aromatic heterocycles. The number of hydrogen-bond acceptors (Lipinski definition) is 5. The Labute approximate surface area is 140 Å². The van der Waals surface area contributed by atoms with Crippen LogP contribution in [-0.4, -0.2) is 27.8 Å². The van der Waals surface area contributed by atoms with E-state index in [0.29, 0.717) is 17.8 Å². The topological polar surface area (TPSA) is 93.2 Å². The Bertz CT molecular complexity index is 694. The first-order chi connectivity index (χ1) is 11.3. The number of rotatable bonds is 4. The van der Waals surface area contributed by atoms with Crippen molar-refractivity contribution in [3.8, 4) is 0 Å². The Hall–Kier alpha value is -2.96. The third-order valence-corrected chi connectivity index (χ3v) is 2.89. The first kappa shape index (κ1) is 17.4. The summed E-state index contributed by atoms with van der Waals surface area (Å²) < 4.78 is 5.16. The molecule has 24 heavy (non-hydrogen) atoms. The molecule has 0 aliphatic rings. The van der Waals surface area contributed by atoms with Crippen LogP contribution in [-0.2, 0) is 11.3 Å². The first-order valence-corrected chi connectivity index (χ1v) is 7.47. The summed E-state index contributed by atoms with van der Waals surface area (Å²) in [6.07, 6.45) is 2.49. The van der Waals surface area contributed by atoms with E-state index in [1.165, 1.54) is 12.4 Å². The number of ether oxygens (including phenoxy) is 1. The molecule has 2 aromatic rings. The van der Waals surface area contributed by atoms with Crippen molar-refractivity contribution in [2.45, 2.75) is 32.9 Å². The average Bonchev–Trinajstić information content (AvgIpc) is 2.53. The lowest BCUT2D eigenvalue weighted by atomic mass is 10.1. The van der Waals surface area contributed by atoms with Gasteiger partial charge in [-0.05, 0) is 44.5 Å². The largest absolute Gasteiger partial charge is 0.444 e. The number of carbonyl (C=O) groups excluding carboxylic acids is 2. The fraction of sp³-hybridized carbons (Fsp3) is 0.294. The molecule has 0 saturated heterocycles. The van der Waals surface area contributed by atoms with Crippen LogP contribution in [0.1, 0.15) is 36.7 Å². The lowest BCUT2D eigenvalue weighted by molar-refractivity contribution is 0.0523. The van der Waals surface area contributed by atoms with E-state index in [1.54, 1.807) is 51.1 Å². The van der Waals surface area contributed by atoms with E-state index in [9.17, 15) is 9.59 Å². The van der Waals surface area contributed by atoms with E-state index < -0.39 is 11.7 Å². The van der Waals surface area contributed by atoms with Crippen molar-refractivity contribution in [2.75, 3.05) is 5.32 Å². The molecule has 0 atom stereocenters. The van der Waals surface area contributed by atoms with Crippen LogP contribution in [0.2, 0.25) is 0 Å². The normalized spacial score (nSPS) is 10.8. The Kier molecular flexibility index (Phi) is 5.47. The maximum absolute atomic E-state index is 12.1. The van der Waals surface area contributed by atoms with Gasteiger partial charge in [-0.15, -0.1) is 0 Å². The number of carbonyl (C=O) groups is 2. The number of amides is 2. The number of alkyl carbamates (subject to hydrolysis) is 1. The van der Waals surface area contributed by atoms with Crippen LogP contribution in [0.4, 0.5) is 10.5 Å². The monoisotopic (exact) mass is 328 g/mol. The molecule has 1 heterocycles. The van der Waals surface area contributed by atoms with Crippen LogP contribution in [0.3, 0.4) is 0 Å². The molecule has 0 fully saturated rings. The van der Waals surface area contributed by atoms with Gasteiger partial charge in [0.1, 0.15) is 5.60 Å². The summed E-state index contributed by atoms with van der Waals surface area (Å²) in [5.74, 6) is -0.241. The second kappa shape index (κ2) is 7.54. The second-order valence-electron chi connectivity index (χ2n) is 6.14. The molecule has 2 N–H and O–H groups in total. The minimum absolute atomic E-state index is 0.241. The van der Waals surface area contributed by atoms with E-state index in [2.05, 4.69) is 20.8 Å². The molecule has 0 unspecified atom stereocenters. The Morgan fingerprint density at radius 2 is 1.79 bits per heavy atom. The first-order valence-electron chi connectivity index (χ1n) is 7.47. The predicted molar refractivity (Wildman–Crippen MR) is 89.5 cm³/mol. The molecule has 0 bridgehead atoms. The smallest absolute Gasteiger partial charge is 0.407 e. The molecule has 7 heteroatoms. The quantitative estimate of drug-likeness (QED) is 0.900. The van der Waals surface area contributed by atoms with E-state index in [4.69, 9.17) is 4.74 Å². The Morgan fingerprint density at radius 1 is 1.08 bits per heavy atom. The molecule has 0 radical (unpaired) electrons. The van der Waals surface area contributed by atoms with Crippen molar-refractivity contribution in [1.82, 2.24) is 15.5 Å². The summed E-state index contributed by atoms with van der Waals surface area (Å²) in [7, 11) is 0. The van der Waals surface area contributed by atoms with Gasteiger partial charge in [-0.2, -0.15) is 10.2 Å². The molecular weight excluding hydrogens is 308 g/mol. The van der Waals surface area contributed by atoms with Crippen LogP contribution < -0.4 is 10.6 Å². The van der Waals surface area contributed by atoms with E-state index >= 15 is 0 Å². The summed E-state index contributed by atoms with van der Waals surface area (Å²) in [6, 6.07) is 8.59. The summed E-state index contributed by atoms with van der Waals surface area (Å²) >= 11 is 0. The lowest BCUT2D eigenvalue weighted by Gasteiger charge is -2.19. The van der Waals surface area contributed by atoms with Crippen molar-refractivity contribution in [2.24, 2.45) is 0 Å². The summed E-state index contributed by atoms with van der Waals surface area (Å²) in [5.41, 5.74) is 1.41. The Balaban J connectivity index is 1.88. The summed E-state index contributed by atoms with van der Waals surface area (Å²) in [6.45, 7) is 5.74. The number of nitrogens with one attached hydrogen (secondary N) is 2. The highest BCUT2D eigenvalue weighted by Gasteiger charge is 2.15. The number of benzene rings is 1. The van der Waals surface area contributed by atoms with Crippen molar-refractivity contribution in [1.29, 1.82) is 0 Å². The van der Waals surface area contributed by atoms with Crippen molar-refractivity contribution < 1.29 is 14.3 Å². The Morgan fingerprint density at radius 3 is 2.38 bits per heavy atom. The third kappa shape index (κ3) is 5.68. The number of hydrogen-bond donors (Lipinski definition) is 2. The van der Waals surface area contributed by atoms with Gasteiger partial charge in [0.15, 0.2) is 0 Å². The van der Waals surface area contributed by atoms with Gasteiger partial charge in [-0.3, -0.25) is 4.79 Å². The standard InChI is InChI=1S/C17H20N4O3/c1-17(2,3)24-16(23)18-10-12-4-6-13(7-5-12)15(22)21-14-8-9-19-20-11-14/h4-9,11H,10H2,1-3H3,(H,18,23)(H,19,21,22). The van der Waals surface area contributed by atoms with Gasteiger partial charge in [-0.1, -0.05) is 12.1 Å². The van der Waals surface area contributed by atoms with E-state index in [-0.39, 0.29) is 5.91 Å². The zero-order valence-electron chi connectivity index (χ0n) is 13.9. The highest BCUT2D eigenvalue weighted by molar-refractivity contribution is 6.04. The van der Waals surface area contributed by atoms with Crippen LogP contribution in [0, 0.1) is 0 Å². The summed E-state index contributed by atoms with van der Waals surface area (Å²) in [5, 5.41) is 12.7. The van der Waals surface area contributed by atoms with Gasteiger partial charge >= 0.3 is 6.09 Å². The van der Waals surface area contributed by atoms with E-state index in [1.807, 2.05) is 0 Å². The molecule has 0 aliphatic heterocycles. The van der Waals surface area contributed by atoms with Gasteiger partial charge in [0.2, 0.25) is 0 Å². The molecule has 126 valence electrons. The molecule has 1 aromatic carbocycles. The van der Waals surface area contributed by atoms with Crippen LogP contribution in [0.25, 0.3) is 0 Å². The average molecular weight is 328 g/mol. The zero-order valence-corrected chi connectivity index (χ0v) is 13.9. The molecule has 0 aliphatic carbocycles. The van der Waals surface area contributed by atoms with Crippen LogP contribution in [0.5, 0.6) is 0 Å². The molecule has 0 saturated carbocycles. The van der Waals surface area contributed by atoms with Crippen molar-refractivity contribution in [3.63, 3.8) is 0 Å².